The first-order valence-electron chi connectivity index (χ1n) is 9.16. The zero-order chi connectivity index (χ0) is 19.8. The van der Waals surface area contributed by atoms with Crippen molar-refractivity contribution in [3.8, 4) is 11.5 Å². The minimum Gasteiger partial charge on any atom is -0.493 e. The van der Waals surface area contributed by atoms with E-state index in [9.17, 15) is 18.0 Å². The van der Waals surface area contributed by atoms with Gasteiger partial charge in [0.05, 0.1) is 24.9 Å². The van der Waals surface area contributed by atoms with Gasteiger partial charge in [-0.2, -0.15) is 0 Å². The van der Waals surface area contributed by atoms with E-state index in [1.807, 2.05) is 0 Å². The van der Waals surface area contributed by atoms with E-state index in [1.165, 1.54) is 0 Å². The zero-order valence-corrected chi connectivity index (χ0v) is 15.5. The first-order chi connectivity index (χ1) is 13.0. The van der Waals surface area contributed by atoms with Crippen molar-refractivity contribution in [2.45, 2.75) is 58.2 Å². The number of esters is 1. The molecule has 27 heavy (non-hydrogen) atoms. The van der Waals surface area contributed by atoms with Crippen molar-refractivity contribution in [2.24, 2.45) is 0 Å². The van der Waals surface area contributed by atoms with Crippen LogP contribution in [0.25, 0.3) is 0 Å². The Labute approximate surface area is 156 Å². The molecule has 1 aromatic rings. The minimum atomic E-state index is -3.10. The van der Waals surface area contributed by atoms with Crippen molar-refractivity contribution in [2.75, 3.05) is 19.8 Å². The topological polar surface area (TPSA) is 54.0 Å². The van der Waals surface area contributed by atoms with Crippen LogP contribution in [0.3, 0.4) is 0 Å². The van der Waals surface area contributed by atoms with Crippen LogP contribution in [-0.2, 0) is 14.3 Å². The van der Waals surface area contributed by atoms with Crippen LogP contribution in [0, 0.1) is 5.82 Å². The highest BCUT2D eigenvalue weighted by Gasteiger charge is 2.31. The number of unbranched alkanes of at least 4 members (excludes halogenated alkanes) is 1. The average Bonchev–Trinajstić information content (AvgIpc) is 2.64. The van der Waals surface area contributed by atoms with Crippen LogP contribution in [0.4, 0.5) is 13.2 Å². The van der Waals surface area contributed by atoms with Crippen LogP contribution < -0.4 is 9.47 Å². The molecule has 1 aliphatic heterocycles. The molecule has 2 unspecified atom stereocenters. The molecule has 1 aliphatic rings. The highest BCUT2D eigenvalue weighted by atomic mass is 19.3. The number of carbonyl (C=O) groups is 1. The van der Waals surface area contributed by atoms with Gasteiger partial charge in [0.1, 0.15) is 5.75 Å². The smallest absolute Gasteiger partial charge is 0.340 e. The van der Waals surface area contributed by atoms with Crippen molar-refractivity contribution in [1.82, 2.24) is 0 Å². The second-order valence-electron chi connectivity index (χ2n) is 6.19. The van der Waals surface area contributed by atoms with Crippen molar-refractivity contribution in [3.05, 3.63) is 23.5 Å². The zero-order valence-electron chi connectivity index (χ0n) is 15.5. The number of hydrogen-bond donors (Lipinski definition) is 0. The summed E-state index contributed by atoms with van der Waals surface area (Å²) in [6, 6.07) is 2.26. The van der Waals surface area contributed by atoms with E-state index in [-0.39, 0.29) is 25.1 Å². The fourth-order valence-corrected chi connectivity index (χ4v) is 2.73. The Balaban J connectivity index is 1.97. The van der Waals surface area contributed by atoms with Gasteiger partial charge in [-0.1, -0.05) is 13.3 Å². The van der Waals surface area contributed by atoms with E-state index in [0.29, 0.717) is 19.4 Å². The van der Waals surface area contributed by atoms with Crippen LogP contribution in [0.15, 0.2) is 12.1 Å². The van der Waals surface area contributed by atoms with Gasteiger partial charge in [-0.25, -0.2) is 18.0 Å². The highest BCUT2D eigenvalue weighted by molar-refractivity contribution is 5.77. The lowest BCUT2D eigenvalue weighted by molar-refractivity contribution is -0.157. The standard InChI is InChI=1S/C19H25F3O5/c1-3-5-10-25-12-6-7-15(26-11-12)19(23)27-14-9-8-13(24-4-2)16(17(14)20)18(21)22/h8-9,12,15,18H,3-7,10-11H2,1-2H3. The van der Waals surface area contributed by atoms with Gasteiger partial charge >= 0.3 is 5.97 Å². The number of ether oxygens (including phenoxy) is 4. The monoisotopic (exact) mass is 390 g/mol. The van der Waals surface area contributed by atoms with Gasteiger partial charge in [-0.05, 0) is 38.3 Å². The molecule has 2 atom stereocenters. The molecular weight excluding hydrogens is 365 g/mol. The average molecular weight is 390 g/mol. The maximum absolute atomic E-state index is 14.4. The summed E-state index contributed by atoms with van der Waals surface area (Å²) in [4.78, 5) is 12.2. The van der Waals surface area contributed by atoms with Gasteiger partial charge in [0, 0.05) is 6.61 Å². The lowest BCUT2D eigenvalue weighted by Crippen LogP contribution is -2.38. The number of rotatable bonds is 9. The Morgan fingerprint density at radius 3 is 2.59 bits per heavy atom. The van der Waals surface area contributed by atoms with Gasteiger partial charge < -0.3 is 18.9 Å². The molecule has 0 spiro atoms. The van der Waals surface area contributed by atoms with Crippen molar-refractivity contribution >= 4 is 5.97 Å². The quantitative estimate of drug-likeness (QED) is 0.355. The van der Waals surface area contributed by atoms with Crippen molar-refractivity contribution in [3.63, 3.8) is 0 Å². The molecule has 1 heterocycles. The van der Waals surface area contributed by atoms with Crippen LogP contribution in [0.5, 0.6) is 11.5 Å². The molecular formula is C19H25F3O5. The molecule has 0 aromatic heterocycles. The summed E-state index contributed by atoms with van der Waals surface area (Å²) in [6.45, 7) is 4.63. The molecule has 0 saturated carbocycles. The summed E-state index contributed by atoms with van der Waals surface area (Å²) < 4.78 is 61.7. The van der Waals surface area contributed by atoms with E-state index in [1.54, 1.807) is 6.92 Å². The van der Waals surface area contributed by atoms with Crippen molar-refractivity contribution < 1.29 is 36.9 Å². The van der Waals surface area contributed by atoms with E-state index < -0.39 is 35.6 Å². The lowest BCUT2D eigenvalue weighted by atomic mass is 10.1. The molecule has 8 heteroatoms. The summed E-state index contributed by atoms with van der Waals surface area (Å²) in [6.07, 6.45) is -1.13. The molecule has 5 nitrogen and oxygen atoms in total. The number of hydrogen-bond acceptors (Lipinski definition) is 5. The molecule has 152 valence electrons. The molecule has 1 fully saturated rings. The Hall–Kier alpha value is -1.80. The summed E-state index contributed by atoms with van der Waals surface area (Å²) in [5.41, 5.74) is -0.920. The molecule has 0 bridgehead atoms. The molecule has 1 aromatic carbocycles. The largest absolute Gasteiger partial charge is 0.493 e. The first kappa shape index (κ1) is 21.5. The van der Waals surface area contributed by atoms with E-state index in [4.69, 9.17) is 18.9 Å². The second-order valence-corrected chi connectivity index (χ2v) is 6.19. The SMILES string of the molecule is CCCCOC1CCC(C(=O)Oc2ccc(OCC)c(C(F)F)c2F)OC1. The number of benzene rings is 1. The first-order valence-corrected chi connectivity index (χ1v) is 9.16. The molecule has 0 amide bonds. The minimum absolute atomic E-state index is 0.0896. The van der Waals surface area contributed by atoms with Gasteiger partial charge in [0.25, 0.3) is 6.43 Å². The van der Waals surface area contributed by atoms with Crippen LogP contribution >= 0.6 is 0 Å². The highest BCUT2D eigenvalue weighted by Crippen LogP contribution is 2.36. The fourth-order valence-electron chi connectivity index (χ4n) is 2.73. The van der Waals surface area contributed by atoms with Crippen molar-refractivity contribution in [1.29, 1.82) is 0 Å². The predicted octanol–water partition coefficient (Wildman–Crippen LogP) is 4.43. The normalized spacial score (nSPS) is 19.9. The Morgan fingerprint density at radius 2 is 2.00 bits per heavy atom. The molecule has 0 radical (unpaired) electrons. The molecule has 0 aliphatic carbocycles. The molecule has 2 rings (SSSR count). The third kappa shape index (κ3) is 5.84. The third-order valence-corrected chi connectivity index (χ3v) is 4.18. The van der Waals surface area contributed by atoms with Gasteiger partial charge in [0.15, 0.2) is 17.7 Å². The predicted molar refractivity (Wildman–Crippen MR) is 91.8 cm³/mol. The fraction of sp³-hybridized carbons (Fsp3) is 0.632. The summed E-state index contributed by atoms with van der Waals surface area (Å²) in [7, 11) is 0. The van der Waals surface area contributed by atoms with Crippen LogP contribution in [-0.4, -0.2) is 38.0 Å². The number of halogens is 3. The van der Waals surface area contributed by atoms with Gasteiger partial charge in [-0.15, -0.1) is 0 Å². The second kappa shape index (κ2) is 10.5. The molecule has 1 saturated heterocycles. The Kier molecular flexibility index (Phi) is 8.37. The summed E-state index contributed by atoms with van der Waals surface area (Å²) in [5, 5.41) is 0. The van der Waals surface area contributed by atoms with Crippen LogP contribution in [0.2, 0.25) is 0 Å². The maximum atomic E-state index is 14.4. The Bertz CT molecular complexity index is 616. The van der Waals surface area contributed by atoms with E-state index in [2.05, 4.69) is 6.92 Å². The van der Waals surface area contributed by atoms with Gasteiger partial charge in [0.2, 0.25) is 0 Å². The van der Waals surface area contributed by atoms with E-state index >= 15 is 0 Å². The number of alkyl halides is 2. The van der Waals surface area contributed by atoms with Gasteiger partial charge in [-0.3, -0.25) is 0 Å². The third-order valence-electron chi connectivity index (χ3n) is 4.18. The lowest BCUT2D eigenvalue weighted by Gasteiger charge is -2.27. The Morgan fingerprint density at radius 1 is 1.26 bits per heavy atom. The van der Waals surface area contributed by atoms with Crippen LogP contribution in [0.1, 0.15) is 51.5 Å². The summed E-state index contributed by atoms with van der Waals surface area (Å²) >= 11 is 0. The van der Waals surface area contributed by atoms with E-state index in [0.717, 1.165) is 25.0 Å². The molecule has 0 N–H and O–H groups in total. The maximum Gasteiger partial charge on any atom is 0.340 e. The summed E-state index contributed by atoms with van der Waals surface area (Å²) in [5.74, 6) is -2.96. The number of carbonyl (C=O) groups excluding carboxylic acids is 1.